The van der Waals surface area contributed by atoms with Crippen LogP contribution in [0.2, 0.25) is 0 Å². The Morgan fingerprint density at radius 1 is 1.11 bits per heavy atom. The maximum absolute atomic E-state index is 13.1. The van der Waals surface area contributed by atoms with Gasteiger partial charge in [-0.15, -0.1) is 11.3 Å². The van der Waals surface area contributed by atoms with Crippen LogP contribution in [0.25, 0.3) is 21.3 Å². The summed E-state index contributed by atoms with van der Waals surface area (Å²) < 4.78 is 16.2. The predicted octanol–water partition coefficient (Wildman–Crippen LogP) is 4.67. The molecule has 0 unspecified atom stereocenters. The molecule has 0 atom stereocenters. The van der Waals surface area contributed by atoms with E-state index in [1.54, 1.807) is 42.5 Å². The third-order valence-corrected chi connectivity index (χ3v) is 6.42. The second kappa shape index (κ2) is 9.79. The predicted molar refractivity (Wildman–Crippen MR) is 137 cm³/mol. The molecule has 4 rings (SSSR count). The Labute approximate surface area is 205 Å². The number of methoxy groups -OCH3 is 2. The molecular weight excluding hydrogens is 466 g/mol. The third kappa shape index (κ3) is 4.37. The van der Waals surface area contributed by atoms with Crippen LogP contribution >= 0.6 is 11.3 Å². The number of hydrogen-bond acceptors (Lipinski definition) is 9. The van der Waals surface area contributed by atoms with Gasteiger partial charge in [0.1, 0.15) is 32.9 Å². The van der Waals surface area contributed by atoms with Gasteiger partial charge >= 0.3 is 0 Å². The lowest BCUT2D eigenvalue weighted by molar-refractivity contribution is 0.103. The van der Waals surface area contributed by atoms with Crippen molar-refractivity contribution in [3.05, 3.63) is 52.9 Å². The van der Waals surface area contributed by atoms with Gasteiger partial charge in [-0.05, 0) is 48.9 Å². The number of carbonyl (C=O) groups excluding carboxylic acids is 1. The summed E-state index contributed by atoms with van der Waals surface area (Å²) in [6.07, 6.45) is 0. The van der Waals surface area contributed by atoms with E-state index in [9.17, 15) is 10.1 Å². The van der Waals surface area contributed by atoms with E-state index >= 15 is 0 Å². The first-order chi connectivity index (χ1) is 16.9. The summed E-state index contributed by atoms with van der Waals surface area (Å²) in [6.45, 7) is 2.45. The first-order valence-electron chi connectivity index (χ1n) is 10.6. The highest BCUT2D eigenvalue weighted by Crippen LogP contribution is 2.44. The number of ether oxygens (including phenoxy) is 3. The smallest absolute Gasteiger partial charge is 0.267 e. The summed E-state index contributed by atoms with van der Waals surface area (Å²) >= 11 is 1.10. The molecule has 0 bridgehead atoms. The van der Waals surface area contributed by atoms with E-state index in [1.807, 2.05) is 6.92 Å². The highest BCUT2D eigenvalue weighted by molar-refractivity contribution is 7.21. The molecule has 0 radical (unpaired) electrons. The van der Waals surface area contributed by atoms with Gasteiger partial charge in [-0.3, -0.25) is 4.79 Å². The molecule has 1 amide bonds. The minimum absolute atomic E-state index is 0.0458. The Morgan fingerprint density at radius 3 is 2.46 bits per heavy atom. The largest absolute Gasteiger partial charge is 0.494 e. The molecule has 10 heteroatoms. The van der Waals surface area contributed by atoms with Crippen LogP contribution in [0.4, 0.5) is 17.2 Å². The van der Waals surface area contributed by atoms with Crippen molar-refractivity contribution in [1.29, 1.82) is 5.26 Å². The second-order valence-electron chi connectivity index (χ2n) is 7.37. The molecule has 178 valence electrons. The number of fused-ring (bicyclic) bond motifs is 1. The van der Waals surface area contributed by atoms with Gasteiger partial charge in [0.2, 0.25) is 0 Å². The van der Waals surface area contributed by atoms with Gasteiger partial charge in [0.25, 0.3) is 5.91 Å². The number of nitrogens with one attached hydrogen (secondary N) is 1. The Kier molecular flexibility index (Phi) is 6.62. The van der Waals surface area contributed by atoms with E-state index in [0.29, 0.717) is 50.9 Å². The van der Waals surface area contributed by atoms with Gasteiger partial charge in [0.15, 0.2) is 11.5 Å². The lowest BCUT2D eigenvalue weighted by atomic mass is 9.97. The number of nitrogens with two attached hydrogens (primary N) is 2. The molecule has 0 aliphatic heterocycles. The van der Waals surface area contributed by atoms with Crippen LogP contribution in [0.3, 0.4) is 0 Å². The molecule has 0 saturated carbocycles. The second-order valence-corrected chi connectivity index (χ2v) is 8.36. The summed E-state index contributed by atoms with van der Waals surface area (Å²) in [5, 5.41) is 13.2. The average molecular weight is 490 g/mol. The van der Waals surface area contributed by atoms with Crippen molar-refractivity contribution in [2.24, 2.45) is 0 Å². The van der Waals surface area contributed by atoms with E-state index in [-0.39, 0.29) is 21.9 Å². The molecule has 2 aromatic carbocycles. The summed E-state index contributed by atoms with van der Waals surface area (Å²) in [7, 11) is 3.05. The zero-order valence-electron chi connectivity index (χ0n) is 19.3. The van der Waals surface area contributed by atoms with Crippen LogP contribution in [-0.2, 0) is 0 Å². The highest BCUT2D eigenvalue weighted by Gasteiger charge is 2.25. The lowest BCUT2D eigenvalue weighted by Gasteiger charge is -2.13. The normalized spacial score (nSPS) is 10.6. The number of rotatable bonds is 7. The molecule has 0 fully saturated rings. The van der Waals surface area contributed by atoms with Gasteiger partial charge in [-0.25, -0.2) is 4.98 Å². The molecule has 2 heterocycles. The molecule has 5 N–H and O–H groups in total. The van der Waals surface area contributed by atoms with Crippen LogP contribution < -0.4 is 31.0 Å². The van der Waals surface area contributed by atoms with Crippen molar-refractivity contribution < 1.29 is 19.0 Å². The van der Waals surface area contributed by atoms with E-state index in [4.69, 9.17) is 25.7 Å². The molecule has 9 nitrogen and oxygen atoms in total. The van der Waals surface area contributed by atoms with Crippen molar-refractivity contribution in [2.45, 2.75) is 6.92 Å². The topological polar surface area (TPSA) is 146 Å². The zero-order chi connectivity index (χ0) is 25.1. The summed E-state index contributed by atoms with van der Waals surface area (Å²) in [5.74, 6) is 1.35. The molecule has 0 saturated heterocycles. The van der Waals surface area contributed by atoms with Gasteiger partial charge in [-0.2, -0.15) is 5.26 Å². The van der Waals surface area contributed by atoms with Crippen LogP contribution in [0, 0.1) is 11.3 Å². The van der Waals surface area contributed by atoms with Gasteiger partial charge in [0, 0.05) is 16.6 Å². The van der Waals surface area contributed by atoms with Crippen LogP contribution in [0.5, 0.6) is 17.2 Å². The monoisotopic (exact) mass is 489 g/mol. The van der Waals surface area contributed by atoms with Crippen LogP contribution in [0.15, 0.2) is 42.5 Å². The van der Waals surface area contributed by atoms with Gasteiger partial charge in [-0.1, -0.05) is 6.07 Å². The molecular formula is C25H23N5O4S. The maximum Gasteiger partial charge on any atom is 0.267 e. The number of nitriles is 1. The summed E-state index contributed by atoms with van der Waals surface area (Å²) in [5.41, 5.74) is 14.7. The van der Waals surface area contributed by atoms with Crippen molar-refractivity contribution in [2.75, 3.05) is 37.6 Å². The van der Waals surface area contributed by atoms with E-state index in [1.165, 1.54) is 14.2 Å². The summed E-state index contributed by atoms with van der Waals surface area (Å²) in [6, 6.07) is 14.4. The Hall–Kier alpha value is -4.49. The maximum atomic E-state index is 13.1. The number of benzene rings is 2. The van der Waals surface area contributed by atoms with Crippen molar-refractivity contribution >= 4 is 44.7 Å². The number of amides is 1. The number of nitrogen functional groups attached to an aromatic ring is 2. The molecule has 0 spiro atoms. The lowest BCUT2D eigenvalue weighted by Crippen LogP contribution is -2.12. The molecule has 0 aliphatic carbocycles. The standard InChI is InChI=1S/C25H23N5O4S/c1-4-34-15-8-6-14(7-9-15)29-24(31)22-21(27)20-19(16(12-26)23(28)30-25(20)35-22)13-5-10-17(32-2)18(11-13)33-3/h5-11H,4,27H2,1-3H3,(H2,28,30)(H,29,31). The number of aromatic nitrogens is 1. The van der Waals surface area contributed by atoms with E-state index in [2.05, 4.69) is 16.4 Å². The van der Waals surface area contributed by atoms with Gasteiger partial charge < -0.3 is 31.0 Å². The number of carbonyl (C=O) groups is 1. The SMILES string of the molecule is CCOc1ccc(NC(=O)c2sc3nc(N)c(C#N)c(-c4ccc(OC)c(OC)c4)c3c2N)cc1. The zero-order valence-corrected chi connectivity index (χ0v) is 20.2. The van der Waals surface area contributed by atoms with Crippen molar-refractivity contribution in [3.8, 4) is 34.4 Å². The Bertz CT molecular complexity index is 1460. The number of pyridine rings is 1. The highest BCUT2D eigenvalue weighted by atomic mass is 32.1. The minimum Gasteiger partial charge on any atom is -0.494 e. The fourth-order valence-electron chi connectivity index (χ4n) is 3.72. The molecule has 35 heavy (non-hydrogen) atoms. The number of thiophene rings is 1. The van der Waals surface area contributed by atoms with E-state index in [0.717, 1.165) is 11.3 Å². The fourth-order valence-corrected chi connectivity index (χ4v) is 4.73. The summed E-state index contributed by atoms with van der Waals surface area (Å²) in [4.78, 5) is 18.2. The minimum atomic E-state index is -0.398. The molecule has 0 aliphatic rings. The molecule has 2 aromatic heterocycles. The first-order valence-corrected chi connectivity index (χ1v) is 11.4. The number of anilines is 3. The quantitative estimate of drug-likeness (QED) is 0.340. The third-order valence-electron chi connectivity index (χ3n) is 5.32. The number of nitrogens with zero attached hydrogens (tertiary/aromatic N) is 2. The van der Waals surface area contributed by atoms with Crippen molar-refractivity contribution in [3.63, 3.8) is 0 Å². The molecule has 4 aromatic rings. The van der Waals surface area contributed by atoms with Crippen LogP contribution in [0.1, 0.15) is 22.2 Å². The first kappa shape index (κ1) is 23.7. The average Bonchev–Trinajstić information content (AvgIpc) is 3.19. The Morgan fingerprint density at radius 2 is 1.83 bits per heavy atom. The fraction of sp³-hybridized carbons (Fsp3) is 0.160. The van der Waals surface area contributed by atoms with Crippen molar-refractivity contribution in [1.82, 2.24) is 4.98 Å². The van der Waals surface area contributed by atoms with Gasteiger partial charge in [0.05, 0.1) is 26.5 Å². The Balaban J connectivity index is 1.82. The van der Waals surface area contributed by atoms with Crippen LogP contribution in [-0.4, -0.2) is 31.7 Å². The van der Waals surface area contributed by atoms with E-state index < -0.39 is 5.91 Å². The number of hydrogen-bond donors (Lipinski definition) is 3.